The molecule has 2 aliphatic rings. The summed E-state index contributed by atoms with van der Waals surface area (Å²) in [6.45, 7) is 2.85. The van der Waals surface area contributed by atoms with E-state index < -0.39 is 0 Å². The Hall–Kier alpha value is -3.17. The van der Waals surface area contributed by atoms with Crippen molar-refractivity contribution in [3.63, 3.8) is 0 Å². The van der Waals surface area contributed by atoms with Crippen molar-refractivity contribution in [2.24, 2.45) is 0 Å². The maximum absolute atomic E-state index is 6.28. The van der Waals surface area contributed by atoms with E-state index in [9.17, 15) is 0 Å². The normalized spacial score (nSPS) is 20.9. The molecule has 2 fully saturated rings. The van der Waals surface area contributed by atoms with Gasteiger partial charge in [0.25, 0.3) is 0 Å². The van der Waals surface area contributed by atoms with E-state index in [4.69, 9.17) is 15.2 Å². The number of nitrogens with one attached hydrogen (secondary N) is 1. The van der Waals surface area contributed by atoms with Crippen LogP contribution in [-0.2, 0) is 11.3 Å². The Morgan fingerprint density at radius 3 is 2.71 bits per heavy atom. The molecular weight excluding hydrogens is 394 g/mol. The summed E-state index contributed by atoms with van der Waals surface area (Å²) in [6.07, 6.45) is 6.06. The number of hydrogen-bond donors (Lipinski definition) is 2. The third-order valence-electron chi connectivity index (χ3n) is 6.16. The minimum Gasteiger partial charge on any atom is -0.467 e. The number of rotatable bonds is 7. The lowest BCUT2D eigenvalue weighted by atomic mass is 10.1. The van der Waals surface area contributed by atoms with Gasteiger partial charge in [-0.05, 0) is 31.0 Å². The highest BCUT2D eigenvalue weighted by atomic mass is 16.7. The molecule has 31 heavy (non-hydrogen) atoms. The Morgan fingerprint density at radius 2 is 1.97 bits per heavy atom. The Kier molecular flexibility index (Phi) is 5.44. The van der Waals surface area contributed by atoms with E-state index in [0.717, 1.165) is 42.4 Å². The van der Waals surface area contributed by atoms with Gasteiger partial charge in [0.15, 0.2) is 12.6 Å². The number of H-pyrrole nitrogens is 1. The van der Waals surface area contributed by atoms with Gasteiger partial charge in [-0.3, -0.25) is 4.90 Å². The standard InChI is InChI=1S/C22H27N7O2/c1-30-14-31-20-5-3-2-4-17(20)18-10-19(22(23)27-26-18)28-11-15-6-7-16(12-28)29(15)13-21-24-8-9-25-21/h2-5,8-10,15-16H,6-7,11-14H2,1H3,(H2,23,27)(H,24,25). The monoisotopic (exact) mass is 421 g/mol. The summed E-state index contributed by atoms with van der Waals surface area (Å²) in [5, 5.41) is 8.62. The first-order valence-corrected chi connectivity index (χ1v) is 10.6. The number of nitrogens with two attached hydrogens (primary N) is 1. The Balaban J connectivity index is 1.39. The lowest BCUT2D eigenvalue weighted by Gasteiger charge is -2.42. The van der Waals surface area contributed by atoms with Crippen LogP contribution >= 0.6 is 0 Å². The largest absolute Gasteiger partial charge is 0.467 e. The van der Waals surface area contributed by atoms with Crippen LogP contribution in [0, 0.1) is 0 Å². The summed E-state index contributed by atoms with van der Waals surface area (Å²) in [4.78, 5) is 12.5. The van der Waals surface area contributed by atoms with E-state index in [1.807, 2.05) is 42.7 Å². The van der Waals surface area contributed by atoms with Crippen molar-refractivity contribution in [1.29, 1.82) is 0 Å². The molecule has 162 valence electrons. The third-order valence-corrected chi connectivity index (χ3v) is 6.16. The number of ether oxygens (including phenoxy) is 2. The first-order valence-electron chi connectivity index (χ1n) is 10.6. The zero-order valence-electron chi connectivity index (χ0n) is 17.6. The number of aromatic amines is 1. The van der Waals surface area contributed by atoms with Crippen molar-refractivity contribution >= 4 is 11.5 Å². The molecule has 2 atom stereocenters. The van der Waals surface area contributed by atoms with E-state index in [1.165, 1.54) is 12.8 Å². The number of methoxy groups -OCH3 is 1. The average molecular weight is 422 g/mol. The average Bonchev–Trinajstić information content (AvgIpc) is 3.38. The summed E-state index contributed by atoms with van der Waals surface area (Å²) >= 11 is 0. The third kappa shape index (κ3) is 3.94. The van der Waals surface area contributed by atoms with E-state index in [-0.39, 0.29) is 6.79 Å². The van der Waals surface area contributed by atoms with Gasteiger partial charge in [-0.1, -0.05) is 12.1 Å². The van der Waals surface area contributed by atoms with Crippen molar-refractivity contribution < 1.29 is 9.47 Å². The molecule has 3 N–H and O–H groups in total. The van der Waals surface area contributed by atoms with Crippen molar-refractivity contribution in [2.45, 2.75) is 31.5 Å². The highest BCUT2D eigenvalue weighted by Gasteiger charge is 2.40. The lowest BCUT2D eigenvalue weighted by Crippen LogP contribution is -2.53. The molecule has 2 aliphatic heterocycles. The second kappa shape index (κ2) is 8.52. The second-order valence-electron chi connectivity index (χ2n) is 8.05. The fourth-order valence-corrected chi connectivity index (χ4v) is 4.71. The Labute approximate surface area is 181 Å². The van der Waals surface area contributed by atoms with E-state index in [0.29, 0.717) is 23.7 Å². The molecule has 0 aliphatic carbocycles. The number of benzene rings is 1. The predicted octanol–water partition coefficient (Wildman–Crippen LogP) is 2.28. The fraction of sp³-hybridized carbons (Fsp3) is 0.409. The number of anilines is 2. The first kappa shape index (κ1) is 19.8. The van der Waals surface area contributed by atoms with Crippen LogP contribution in [0.4, 0.5) is 11.5 Å². The molecule has 0 spiro atoms. The number of aromatic nitrogens is 4. The zero-order chi connectivity index (χ0) is 21.2. The molecule has 3 aromatic rings. The summed E-state index contributed by atoms with van der Waals surface area (Å²) in [7, 11) is 1.60. The molecule has 5 rings (SSSR count). The number of hydrogen-bond acceptors (Lipinski definition) is 8. The molecule has 2 saturated heterocycles. The van der Waals surface area contributed by atoms with Gasteiger partial charge in [0, 0.05) is 50.2 Å². The summed E-state index contributed by atoms with van der Waals surface area (Å²) < 4.78 is 10.8. The number of imidazole rings is 1. The van der Waals surface area contributed by atoms with E-state index in [1.54, 1.807) is 7.11 Å². The Morgan fingerprint density at radius 1 is 1.16 bits per heavy atom. The number of nitrogen functional groups attached to an aromatic ring is 1. The lowest BCUT2D eigenvalue weighted by molar-refractivity contribution is 0.0515. The molecule has 2 bridgehead atoms. The van der Waals surface area contributed by atoms with Gasteiger partial charge in [0.1, 0.15) is 11.6 Å². The summed E-state index contributed by atoms with van der Waals surface area (Å²) in [6, 6.07) is 10.7. The summed E-state index contributed by atoms with van der Waals surface area (Å²) in [5.74, 6) is 2.18. The van der Waals surface area contributed by atoms with Crippen LogP contribution < -0.4 is 15.4 Å². The van der Waals surface area contributed by atoms with Gasteiger partial charge in [-0.25, -0.2) is 4.98 Å². The molecule has 9 nitrogen and oxygen atoms in total. The van der Waals surface area contributed by atoms with Crippen LogP contribution in [0.3, 0.4) is 0 Å². The second-order valence-corrected chi connectivity index (χ2v) is 8.05. The van der Waals surface area contributed by atoms with Gasteiger partial charge in [-0.2, -0.15) is 0 Å². The van der Waals surface area contributed by atoms with Gasteiger partial charge in [0.2, 0.25) is 0 Å². The quantitative estimate of drug-likeness (QED) is 0.560. The van der Waals surface area contributed by atoms with Crippen molar-refractivity contribution in [1.82, 2.24) is 25.1 Å². The van der Waals surface area contributed by atoms with E-state index >= 15 is 0 Å². The summed E-state index contributed by atoms with van der Waals surface area (Å²) in [5.41, 5.74) is 8.81. The van der Waals surface area contributed by atoms with Crippen molar-refractivity contribution in [3.8, 4) is 17.0 Å². The van der Waals surface area contributed by atoms with Crippen LogP contribution in [0.1, 0.15) is 18.7 Å². The topological polar surface area (TPSA) is 105 Å². The smallest absolute Gasteiger partial charge is 0.188 e. The van der Waals surface area contributed by atoms with E-state index in [2.05, 4.69) is 30.0 Å². The predicted molar refractivity (Wildman–Crippen MR) is 118 cm³/mol. The molecule has 9 heteroatoms. The van der Waals surface area contributed by atoms with Crippen molar-refractivity contribution in [3.05, 3.63) is 48.5 Å². The number of para-hydroxylation sites is 1. The Bertz CT molecular complexity index is 1010. The number of piperazine rings is 1. The molecule has 1 aromatic carbocycles. The highest BCUT2D eigenvalue weighted by molar-refractivity contribution is 5.74. The maximum Gasteiger partial charge on any atom is 0.188 e. The minimum absolute atomic E-state index is 0.174. The van der Waals surface area contributed by atoms with Crippen LogP contribution in [0.5, 0.6) is 5.75 Å². The minimum atomic E-state index is 0.174. The molecular formula is C22H27N7O2. The van der Waals surface area contributed by atoms with Crippen LogP contribution in [0.2, 0.25) is 0 Å². The van der Waals surface area contributed by atoms with Gasteiger partial charge < -0.3 is 25.1 Å². The highest BCUT2D eigenvalue weighted by Crippen LogP contribution is 2.37. The van der Waals surface area contributed by atoms with Gasteiger partial charge >= 0.3 is 0 Å². The van der Waals surface area contributed by atoms with Crippen LogP contribution in [0.15, 0.2) is 42.7 Å². The van der Waals surface area contributed by atoms with Crippen LogP contribution in [-0.4, -0.2) is 64.1 Å². The molecule has 2 unspecified atom stereocenters. The fourth-order valence-electron chi connectivity index (χ4n) is 4.71. The van der Waals surface area contributed by atoms with Crippen LogP contribution in [0.25, 0.3) is 11.3 Å². The van der Waals surface area contributed by atoms with Gasteiger partial charge in [-0.15, -0.1) is 10.2 Å². The SMILES string of the molecule is COCOc1ccccc1-c1cc(N2CC3CCC(C2)N3Cc2ncc[nH]2)c(N)nn1. The number of nitrogens with zero attached hydrogens (tertiary/aromatic N) is 5. The molecule has 0 saturated carbocycles. The molecule has 0 radical (unpaired) electrons. The van der Waals surface area contributed by atoms with Gasteiger partial charge in [0.05, 0.1) is 17.9 Å². The van der Waals surface area contributed by atoms with Crippen molar-refractivity contribution in [2.75, 3.05) is 37.6 Å². The maximum atomic E-state index is 6.28. The zero-order valence-corrected chi connectivity index (χ0v) is 17.6. The first-order chi connectivity index (χ1) is 15.2. The molecule has 4 heterocycles. The molecule has 0 amide bonds. The molecule has 2 aromatic heterocycles. The number of fused-ring (bicyclic) bond motifs is 2.